The number of aromatic nitrogens is 4. The first kappa shape index (κ1) is 19.9. The Morgan fingerprint density at radius 3 is 2.53 bits per heavy atom. The highest BCUT2D eigenvalue weighted by atomic mass is 16.2. The lowest BCUT2D eigenvalue weighted by Crippen LogP contribution is -2.46. The summed E-state index contributed by atoms with van der Waals surface area (Å²) < 4.78 is 0. The van der Waals surface area contributed by atoms with Crippen LogP contribution in [-0.4, -0.2) is 57.2 Å². The van der Waals surface area contributed by atoms with Gasteiger partial charge in [-0.25, -0.2) is 9.97 Å². The van der Waals surface area contributed by atoms with Crippen molar-refractivity contribution < 1.29 is 4.79 Å². The minimum Gasteiger partial charge on any atom is -0.336 e. The van der Waals surface area contributed by atoms with E-state index in [0.29, 0.717) is 11.5 Å². The van der Waals surface area contributed by atoms with Gasteiger partial charge in [0.15, 0.2) is 0 Å². The van der Waals surface area contributed by atoms with Crippen molar-refractivity contribution in [2.24, 2.45) is 0 Å². The first-order valence-electron chi connectivity index (χ1n) is 10.6. The summed E-state index contributed by atoms with van der Waals surface area (Å²) >= 11 is 0. The van der Waals surface area contributed by atoms with Gasteiger partial charge in [-0.2, -0.15) is 5.10 Å². The average molecular weight is 425 g/mol. The van der Waals surface area contributed by atoms with Crippen LogP contribution in [0.1, 0.15) is 21.5 Å². The van der Waals surface area contributed by atoms with Gasteiger partial charge in [0.1, 0.15) is 0 Å². The van der Waals surface area contributed by atoms with E-state index in [1.807, 2.05) is 65.7 Å². The van der Waals surface area contributed by atoms with Gasteiger partial charge < -0.3 is 15.5 Å². The van der Waals surface area contributed by atoms with Crippen molar-refractivity contribution in [3.63, 3.8) is 0 Å². The Balaban J connectivity index is 1.23. The Morgan fingerprint density at radius 1 is 0.969 bits per heavy atom. The second-order valence-corrected chi connectivity index (χ2v) is 7.60. The number of anilines is 2. The van der Waals surface area contributed by atoms with E-state index in [-0.39, 0.29) is 5.91 Å². The Labute approximate surface area is 185 Å². The van der Waals surface area contributed by atoms with Gasteiger partial charge >= 0.3 is 0 Å². The van der Waals surface area contributed by atoms with E-state index >= 15 is 0 Å². The molecule has 8 nitrogen and oxygen atoms in total. The predicted octanol–water partition coefficient (Wildman–Crippen LogP) is 3.31. The molecule has 0 aliphatic carbocycles. The Bertz CT molecular complexity index is 1240. The van der Waals surface area contributed by atoms with Crippen molar-refractivity contribution >= 4 is 40.6 Å². The summed E-state index contributed by atoms with van der Waals surface area (Å²) in [7, 11) is 0. The predicted molar refractivity (Wildman–Crippen MR) is 126 cm³/mol. The number of amides is 1. The van der Waals surface area contributed by atoms with Gasteiger partial charge in [0.25, 0.3) is 5.91 Å². The number of aromatic amines is 1. The summed E-state index contributed by atoms with van der Waals surface area (Å²) in [6.07, 6.45) is 9.36. The molecule has 0 spiro atoms. The molecule has 8 heteroatoms. The number of hydrogen-bond donors (Lipinski definition) is 3. The standard InChI is InChI=1S/C24H23N7O/c32-23(31-12-10-25-11-13-31)19-6-8-20(9-7-19)29-24-26-14-17(15-27-24)4-5-18-2-1-3-22-21(18)16-28-30-22/h1-9,14-16,25H,10-13H2,(H,28,30)(H,26,27,29)/b5-4+. The molecule has 3 N–H and O–H groups in total. The van der Waals surface area contributed by atoms with E-state index in [2.05, 4.69) is 30.8 Å². The molecule has 3 heterocycles. The zero-order valence-corrected chi connectivity index (χ0v) is 17.5. The third-order valence-electron chi connectivity index (χ3n) is 5.44. The van der Waals surface area contributed by atoms with E-state index in [4.69, 9.17) is 0 Å². The fourth-order valence-electron chi connectivity index (χ4n) is 3.69. The van der Waals surface area contributed by atoms with Crippen LogP contribution in [0, 0.1) is 0 Å². The molecule has 1 amide bonds. The molecule has 1 aliphatic heterocycles. The zero-order valence-electron chi connectivity index (χ0n) is 17.5. The fraction of sp³-hybridized carbons (Fsp3) is 0.167. The number of benzene rings is 2. The molecule has 1 saturated heterocycles. The SMILES string of the molecule is O=C(c1ccc(Nc2ncc(/C=C/c3cccc4[nH]ncc34)cn2)cc1)N1CCNCC1. The van der Waals surface area contributed by atoms with Crippen molar-refractivity contribution in [2.75, 3.05) is 31.5 Å². The van der Waals surface area contributed by atoms with E-state index < -0.39 is 0 Å². The van der Waals surface area contributed by atoms with Gasteiger partial charge in [0.2, 0.25) is 5.95 Å². The molecule has 0 saturated carbocycles. The third-order valence-corrected chi connectivity index (χ3v) is 5.44. The lowest BCUT2D eigenvalue weighted by molar-refractivity contribution is 0.0736. The normalized spacial score (nSPS) is 14.2. The monoisotopic (exact) mass is 425 g/mol. The van der Waals surface area contributed by atoms with Gasteiger partial charge in [0, 0.05) is 60.8 Å². The van der Waals surface area contributed by atoms with Crippen LogP contribution in [0.5, 0.6) is 0 Å². The number of rotatable bonds is 5. The first-order chi connectivity index (χ1) is 15.8. The molecule has 0 atom stereocenters. The highest BCUT2D eigenvalue weighted by Crippen LogP contribution is 2.19. The second kappa shape index (κ2) is 8.99. The van der Waals surface area contributed by atoms with Crippen molar-refractivity contribution in [3.05, 3.63) is 77.7 Å². The lowest BCUT2D eigenvalue weighted by Gasteiger charge is -2.27. The number of H-pyrrole nitrogens is 1. The highest BCUT2D eigenvalue weighted by molar-refractivity contribution is 5.94. The maximum Gasteiger partial charge on any atom is 0.253 e. The Kier molecular flexibility index (Phi) is 5.59. The summed E-state index contributed by atoms with van der Waals surface area (Å²) in [6, 6.07) is 13.4. The summed E-state index contributed by atoms with van der Waals surface area (Å²) in [5.41, 5.74) is 4.49. The van der Waals surface area contributed by atoms with Gasteiger partial charge in [-0.15, -0.1) is 0 Å². The maximum absolute atomic E-state index is 12.6. The third kappa shape index (κ3) is 4.35. The molecule has 5 rings (SSSR count). The molecule has 0 bridgehead atoms. The van der Waals surface area contributed by atoms with Gasteiger partial charge in [0.05, 0.1) is 11.7 Å². The fourth-order valence-corrected chi connectivity index (χ4v) is 3.69. The second-order valence-electron chi connectivity index (χ2n) is 7.60. The van der Waals surface area contributed by atoms with E-state index in [0.717, 1.165) is 53.9 Å². The molecule has 0 radical (unpaired) electrons. The summed E-state index contributed by atoms with van der Waals surface area (Å²) in [6.45, 7) is 3.16. The molecular formula is C24H23N7O. The molecule has 4 aromatic rings. The maximum atomic E-state index is 12.6. The smallest absolute Gasteiger partial charge is 0.253 e. The first-order valence-corrected chi connectivity index (χ1v) is 10.6. The number of piperazine rings is 1. The summed E-state index contributed by atoms with van der Waals surface area (Å²) in [4.78, 5) is 23.2. The minimum atomic E-state index is 0.0663. The molecule has 2 aromatic carbocycles. The van der Waals surface area contributed by atoms with Gasteiger partial charge in [-0.3, -0.25) is 9.89 Å². The van der Waals surface area contributed by atoms with Gasteiger partial charge in [-0.1, -0.05) is 24.3 Å². The Hall–Kier alpha value is -4.04. The van der Waals surface area contributed by atoms with Crippen LogP contribution in [0.15, 0.2) is 61.1 Å². The molecule has 160 valence electrons. The van der Waals surface area contributed by atoms with Gasteiger partial charge in [-0.05, 0) is 35.9 Å². The summed E-state index contributed by atoms with van der Waals surface area (Å²) in [5, 5.41) is 14.6. The van der Waals surface area contributed by atoms with Crippen LogP contribution in [0.25, 0.3) is 23.1 Å². The van der Waals surface area contributed by atoms with Crippen molar-refractivity contribution in [2.45, 2.75) is 0 Å². The number of carbonyl (C=O) groups is 1. The van der Waals surface area contributed by atoms with E-state index in [9.17, 15) is 4.79 Å². The van der Waals surface area contributed by atoms with Crippen LogP contribution in [0.2, 0.25) is 0 Å². The van der Waals surface area contributed by atoms with Crippen molar-refractivity contribution in [3.8, 4) is 0 Å². The number of hydrogen-bond acceptors (Lipinski definition) is 6. The molecule has 1 fully saturated rings. The van der Waals surface area contributed by atoms with Crippen LogP contribution in [0.3, 0.4) is 0 Å². The molecule has 2 aromatic heterocycles. The van der Waals surface area contributed by atoms with Crippen LogP contribution >= 0.6 is 0 Å². The number of nitrogens with zero attached hydrogens (tertiary/aromatic N) is 4. The largest absolute Gasteiger partial charge is 0.336 e. The Morgan fingerprint density at radius 2 is 1.75 bits per heavy atom. The number of nitrogens with one attached hydrogen (secondary N) is 3. The lowest BCUT2D eigenvalue weighted by atomic mass is 10.1. The molecular weight excluding hydrogens is 402 g/mol. The van der Waals surface area contributed by atoms with Crippen molar-refractivity contribution in [1.29, 1.82) is 0 Å². The summed E-state index contributed by atoms with van der Waals surface area (Å²) in [5.74, 6) is 0.566. The van der Waals surface area contributed by atoms with Crippen LogP contribution in [0.4, 0.5) is 11.6 Å². The molecule has 1 aliphatic rings. The minimum absolute atomic E-state index is 0.0663. The molecule has 0 unspecified atom stereocenters. The highest BCUT2D eigenvalue weighted by Gasteiger charge is 2.17. The van der Waals surface area contributed by atoms with E-state index in [1.54, 1.807) is 12.4 Å². The van der Waals surface area contributed by atoms with Crippen molar-refractivity contribution in [1.82, 2.24) is 30.4 Å². The number of carbonyl (C=O) groups excluding carboxylic acids is 1. The van der Waals surface area contributed by atoms with Crippen LogP contribution in [-0.2, 0) is 0 Å². The molecule has 32 heavy (non-hydrogen) atoms. The zero-order chi connectivity index (χ0) is 21.8. The van der Waals surface area contributed by atoms with E-state index in [1.165, 1.54) is 0 Å². The quantitative estimate of drug-likeness (QED) is 0.454. The average Bonchev–Trinajstić information content (AvgIpc) is 3.34. The topological polar surface area (TPSA) is 98.8 Å². The van der Waals surface area contributed by atoms with Crippen LogP contribution < -0.4 is 10.6 Å². The number of fused-ring (bicyclic) bond motifs is 1.